The standard InChI is InChI=1S/C14H18O4/c1-15-13-12(7-11-9-17-14(13)18-11)16-8-10-5-3-2-4-6-10/h2-6,11-14H,7-9H2,1H3. The molecular weight excluding hydrogens is 232 g/mol. The van der Waals surface area contributed by atoms with E-state index < -0.39 is 0 Å². The highest BCUT2D eigenvalue weighted by Crippen LogP contribution is 2.31. The number of hydrogen-bond donors (Lipinski definition) is 0. The number of fused-ring (bicyclic) bond motifs is 2. The van der Waals surface area contributed by atoms with Crippen molar-refractivity contribution in [3.63, 3.8) is 0 Å². The molecule has 2 aliphatic rings. The Bertz CT molecular complexity index is 381. The van der Waals surface area contributed by atoms with Crippen LogP contribution in [-0.2, 0) is 25.6 Å². The summed E-state index contributed by atoms with van der Waals surface area (Å²) in [4.78, 5) is 0. The molecule has 98 valence electrons. The fraction of sp³-hybridized carbons (Fsp3) is 0.571. The van der Waals surface area contributed by atoms with Gasteiger partial charge in [0.05, 0.1) is 25.4 Å². The Morgan fingerprint density at radius 3 is 2.89 bits per heavy atom. The van der Waals surface area contributed by atoms with E-state index in [-0.39, 0.29) is 24.6 Å². The van der Waals surface area contributed by atoms with Gasteiger partial charge in [0, 0.05) is 13.5 Å². The molecule has 4 unspecified atom stereocenters. The first kappa shape index (κ1) is 12.1. The van der Waals surface area contributed by atoms with Crippen molar-refractivity contribution in [1.82, 2.24) is 0 Å². The van der Waals surface area contributed by atoms with Gasteiger partial charge in [-0.05, 0) is 5.56 Å². The van der Waals surface area contributed by atoms with Crippen molar-refractivity contribution in [1.29, 1.82) is 0 Å². The number of rotatable bonds is 4. The van der Waals surface area contributed by atoms with E-state index in [2.05, 4.69) is 12.1 Å². The van der Waals surface area contributed by atoms with Crippen molar-refractivity contribution in [3.8, 4) is 0 Å². The lowest BCUT2D eigenvalue weighted by atomic mass is 10.0. The van der Waals surface area contributed by atoms with Crippen LogP contribution in [0.3, 0.4) is 0 Å². The quantitative estimate of drug-likeness (QED) is 0.815. The second kappa shape index (κ2) is 5.36. The molecule has 0 saturated carbocycles. The Balaban J connectivity index is 1.61. The number of benzene rings is 1. The fourth-order valence-electron chi connectivity index (χ4n) is 2.54. The molecule has 0 aliphatic carbocycles. The van der Waals surface area contributed by atoms with Crippen LogP contribution in [0.1, 0.15) is 12.0 Å². The highest BCUT2D eigenvalue weighted by atomic mass is 16.7. The summed E-state index contributed by atoms with van der Waals surface area (Å²) >= 11 is 0. The van der Waals surface area contributed by atoms with E-state index in [4.69, 9.17) is 18.9 Å². The van der Waals surface area contributed by atoms with Crippen LogP contribution < -0.4 is 0 Å². The molecule has 18 heavy (non-hydrogen) atoms. The third-order valence-electron chi connectivity index (χ3n) is 3.48. The first-order valence-electron chi connectivity index (χ1n) is 6.32. The lowest BCUT2D eigenvalue weighted by molar-refractivity contribution is -0.215. The SMILES string of the molecule is COC1C(OCc2ccccc2)CC2COC1O2. The summed E-state index contributed by atoms with van der Waals surface area (Å²) < 4.78 is 22.6. The van der Waals surface area contributed by atoms with Gasteiger partial charge in [-0.1, -0.05) is 30.3 Å². The maximum atomic E-state index is 5.97. The van der Waals surface area contributed by atoms with Crippen LogP contribution in [0, 0.1) is 0 Å². The van der Waals surface area contributed by atoms with Crippen molar-refractivity contribution in [2.45, 2.75) is 37.6 Å². The van der Waals surface area contributed by atoms with Crippen molar-refractivity contribution in [2.24, 2.45) is 0 Å². The van der Waals surface area contributed by atoms with E-state index in [1.807, 2.05) is 18.2 Å². The summed E-state index contributed by atoms with van der Waals surface area (Å²) in [5.41, 5.74) is 1.17. The van der Waals surface area contributed by atoms with E-state index in [0.717, 1.165) is 6.42 Å². The monoisotopic (exact) mass is 250 g/mol. The molecule has 0 amide bonds. The van der Waals surface area contributed by atoms with Crippen LogP contribution in [0.5, 0.6) is 0 Å². The normalized spacial score (nSPS) is 34.7. The second-order valence-corrected chi connectivity index (χ2v) is 4.73. The Labute approximate surface area is 107 Å². The van der Waals surface area contributed by atoms with Gasteiger partial charge in [-0.3, -0.25) is 0 Å². The molecular formula is C14H18O4. The van der Waals surface area contributed by atoms with Crippen LogP contribution in [0.2, 0.25) is 0 Å². The maximum Gasteiger partial charge on any atom is 0.186 e. The first-order valence-corrected chi connectivity index (χ1v) is 6.32. The van der Waals surface area contributed by atoms with E-state index >= 15 is 0 Å². The number of ether oxygens (including phenoxy) is 4. The summed E-state index contributed by atoms with van der Waals surface area (Å²) in [5, 5.41) is 0. The van der Waals surface area contributed by atoms with Crippen LogP contribution in [0.25, 0.3) is 0 Å². The Kier molecular flexibility index (Phi) is 3.61. The van der Waals surface area contributed by atoms with Gasteiger partial charge < -0.3 is 18.9 Å². The molecule has 2 heterocycles. The lowest BCUT2D eigenvalue weighted by Gasteiger charge is -2.33. The summed E-state index contributed by atoms with van der Waals surface area (Å²) in [6.45, 7) is 1.25. The zero-order valence-electron chi connectivity index (χ0n) is 10.5. The van der Waals surface area contributed by atoms with Gasteiger partial charge in [-0.25, -0.2) is 0 Å². The topological polar surface area (TPSA) is 36.9 Å². The third-order valence-corrected chi connectivity index (χ3v) is 3.48. The molecule has 0 spiro atoms. The number of hydrogen-bond acceptors (Lipinski definition) is 4. The average Bonchev–Trinajstić information content (AvgIpc) is 2.80. The van der Waals surface area contributed by atoms with E-state index in [0.29, 0.717) is 13.2 Å². The molecule has 1 aromatic rings. The van der Waals surface area contributed by atoms with E-state index in [1.54, 1.807) is 7.11 Å². The molecule has 0 N–H and O–H groups in total. The Morgan fingerprint density at radius 1 is 1.28 bits per heavy atom. The average molecular weight is 250 g/mol. The smallest absolute Gasteiger partial charge is 0.186 e. The largest absolute Gasteiger partial charge is 0.373 e. The molecule has 2 aliphatic heterocycles. The van der Waals surface area contributed by atoms with Crippen molar-refractivity contribution in [2.75, 3.05) is 13.7 Å². The van der Waals surface area contributed by atoms with Crippen LogP contribution in [0.15, 0.2) is 30.3 Å². The highest BCUT2D eigenvalue weighted by molar-refractivity contribution is 5.13. The van der Waals surface area contributed by atoms with E-state index in [1.165, 1.54) is 5.56 Å². The molecule has 4 nitrogen and oxygen atoms in total. The molecule has 2 bridgehead atoms. The molecule has 2 saturated heterocycles. The minimum absolute atomic E-state index is 0.0430. The van der Waals surface area contributed by atoms with Gasteiger partial charge in [-0.2, -0.15) is 0 Å². The summed E-state index contributed by atoms with van der Waals surface area (Å²) in [7, 11) is 1.68. The zero-order chi connectivity index (χ0) is 12.4. The second-order valence-electron chi connectivity index (χ2n) is 4.73. The van der Waals surface area contributed by atoms with Gasteiger partial charge in [0.25, 0.3) is 0 Å². The van der Waals surface area contributed by atoms with Crippen LogP contribution in [0.4, 0.5) is 0 Å². The summed E-state index contributed by atoms with van der Waals surface area (Å²) in [5.74, 6) is 0. The van der Waals surface area contributed by atoms with Crippen molar-refractivity contribution in [3.05, 3.63) is 35.9 Å². The number of methoxy groups -OCH3 is 1. The Hall–Kier alpha value is -0.940. The maximum absolute atomic E-state index is 5.97. The minimum Gasteiger partial charge on any atom is -0.373 e. The minimum atomic E-state index is -0.269. The van der Waals surface area contributed by atoms with Gasteiger partial charge in [0.1, 0.15) is 6.10 Å². The fourth-order valence-corrected chi connectivity index (χ4v) is 2.54. The lowest BCUT2D eigenvalue weighted by Crippen LogP contribution is -2.46. The van der Waals surface area contributed by atoms with Crippen LogP contribution in [-0.4, -0.2) is 38.3 Å². The van der Waals surface area contributed by atoms with E-state index in [9.17, 15) is 0 Å². The predicted octanol–water partition coefficient (Wildman–Crippen LogP) is 1.73. The molecule has 2 fully saturated rings. The third kappa shape index (κ3) is 2.42. The predicted molar refractivity (Wildman–Crippen MR) is 65.0 cm³/mol. The van der Waals surface area contributed by atoms with Crippen molar-refractivity contribution < 1.29 is 18.9 Å². The van der Waals surface area contributed by atoms with Gasteiger partial charge in [0.2, 0.25) is 0 Å². The molecule has 0 aromatic heterocycles. The summed E-state index contributed by atoms with van der Waals surface area (Å²) in [6, 6.07) is 10.2. The Morgan fingerprint density at radius 2 is 2.11 bits per heavy atom. The van der Waals surface area contributed by atoms with Gasteiger partial charge in [-0.15, -0.1) is 0 Å². The molecule has 4 heteroatoms. The molecule has 1 aromatic carbocycles. The highest BCUT2D eigenvalue weighted by Gasteiger charge is 2.45. The van der Waals surface area contributed by atoms with Crippen LogP contribution >= 0.6 is 0 Å². The van der Waals surface area contributed by atoms with Gasteiger partial charge in [0.15, 0.2) is 6.29 Å². The molecule has 0 radical (unpaired) electrons. The zero-order valence-corrected chi connectivity index (χ0v) is 10.5. The molecule has 3 rings (SSSR count). The summed E-state index contributed by atoms with van der Waals surface area (Å²) in [6.07, 6.45) is 0.632. The van der Waals surface area contributed by atoms with Crippen molar-refractivity contribution >= 4 is 0 Å². The molecule has 4 atom stereocenters. The first-order chi connectivity index (χ1) is 8.86. The van der Waals surface area contributed by atoms with Gasteiger partial charge >= 0.3 is 0 Å².